The highest BCUT2D eigenvalue weighted by Crippen LogP contribution is 2.52. The predicted molar refractivity (Wildman–Crippen MR) is 141 cm³/mol. The van der Waals surface area contributed by atoms with Gasteiger partial charge in [0.1, 0.15) is 5.82 Å². The van der Waals surface area contributed by atoms with Crippen LogP contribution in [0.1, 0.15) is 49.6 Å². The van der Waals surface area contributed by atoms with Gasteiger partial charge in [-0.3, -0.25) is 0 Å². The van der Waals surface area contributed by atoms with Crippen LogP contribution in [-0.2, 0) is 22.4 Å². The summed E-state index contributed by atoms with van der Waals surface area (Å²) >= 11 is 0. The van der Waals surface area contributed by atoms with Crippen molar-refractivity contribution in [2.24, 2.45) is 5.41 Å². The van der Waals surface area contributed by atoms with Crippen molar-refractivity contribution in [1.29, 1.82) is 0 Å². The largest absolute Gasteiger partial charge is 0.493 e. The first-order valence-electron chi connectivity index (χ1n) is 12.5. The van der Waals surface area contributed by atoms with Crippen LogP contribution in [0.4, 0.5) is 0 Å². The molecule has 184 valence electrons. The molecule has 0 aliphatic heterocycles. The smallest absolute Gasteiger partial charge is 0.165 e. The molecule has 1 aliphatic carbocycles. The summed E-state index contributed by atoms with van der Waals surface area (Å²) in [4.78, 5) is 7.62. The van der Waals surface area contributed by atoms with Gasteiger partial charge in [-0.05, 0) is 36.0 Å². The molecule has 4 rings (SSSR count). The Balaban J connectivity index is 1.82. The summed E-state index contributed by atoms with van der Waals surface area (Å²) in [6, 6.07) is 21.3. The molecule has 0 bridgehead atoms. The number of aromatic amines is 1. The van der Waals surface area contributed by atoms with Gasteiger partial charge >= 0.3 is 0 Å². The number of unbranched alkanes of at least 4 members (excludes halogenated alkanes) is 1. The van der Waals surface area contributed by atoms with Gasteiger partial charge in [0.15, 0.2) is 11.5 Å². The summed E-state index contributed by atoms with van der Waals surface area (Å²) in [5, 5.41) is 3.72. The lowest BCUT2D eigenvalue weighted by Crippen LogP contribution is -2.39. The Labute approximate surface area is 209 Å². The number of aromatic nitrogens is 2. The van der Waals surface area contributed by atoms with E-state index in [1.807, 2.05) is 6.20 Å². The second-order valence-electron chi connectivity index (χ2n) is 9.27. The topological polar surface area (TPSA) is 59.2 Å². The van der Waals surface area contributed by atoms with E-state index in [9.17, 15) is 0 Å². The van der Waals surface area contributed by atoms with E-state index in [1.54, 1.807) is 20.4 Å². The summed E-state index contributed by atoms with van der Waals surface area (Å²) in [5.74, 6) is 2.67. The lowest BCUT2D eigenvalue weighted by atomic mass is 9.65. The molecule has 3 aromatic rings. The quantitative estimate of drug-likeness (QED) is 0.326. The van der Waals surface area contributed by atoms with E-state index in [1.165, 1.54) is 22.3 Å². The average Bonchev–Trinajstić information content (AvgIpc) is 3.42. The van der Waals surface area contributed by atoms with Crippen LogP contribution in [0.15, 0.2) is 90.1 Å². The van der Waals surface area contributed by atoms with Crippen molar-refractivity contribution in [3.05, 3.63) is 107 Å². The van der Waals surface area contributed by atoms with Crippen molar-refractivity contribution in [1.82, 2.24) is 15.3 Å². The number of ether oxygens (including phenoxy) is 2. The first-order valence-corrected chi connectivity index (χ1v) is 12.5. The van der Waals surface area contributed by atoms with Gasteiger partial charge in [-0.15, -0.1) is 0 Å². The van der Waals surface area contributed by atoms with Crippen molar-refractivity contribution in [3.8, 4) is 0 Å². The van der Waals surface area contributed by atoms with E-state index in [4.69, 9.17) is 9.47 Å². The summed E-state index contributed by atoms with van der Waals surface area (Å²) < 4.78 is 12.2. The number of imidazole rings is 1. The van der Waals surface area contributed by atoms with E-state index in [0.29, 0.717) is 6.54 Å². The monoisotopic (exact) mass is 471 g/mol. The fourth-order valence-electron chi connectivity index (χ4n) is 5.33. The molecule has 1 unspecified atom stereocenters. The van der Waals surface area contributed by atoms with E-state index >= 15 is 0 Å². The van der Waals surface area contributed by atoms with Crippen LogP contribution >= 0.6 is 0 Å². The van der Waals surface area contributed by atoms with Crippen LogP contribution in [0, 0.1) is 5.41 Å². The number of nitrogens with zero attached hydrogens (tertiary/aromatic N) is 1. The zero-order valence-corrected chi connectivity index (χ0v) is 21.1. The van der Waals surface area contributed by atoms with Crippen molar-refractivity contribution in [2.75, 3.05) is 20.8 Å². The number of H-pyrrole nitrogens is 1. The van der Waals surface area contributed by atoms with Crippen LogP contribution in [-0.4, -0.2) is 30.7 Å². The third kappa shape index (κ3) is 5.68. The Morgan fingerprint density at radius 1 is 0.971 bits per heavy atom. The van der Waals surface area contributed by atoms with Crippen molar-refractivity contribution in [2.45, 2.75) is 45.6 Å². The average molecular weight is 472 g/mol. The molecule has 0 fully saturated rings. The molecule has 5 nitrogen and oxygen atoms in total. The van der Waals surface area contributed by atoms with Crippen LogP contribution in [0.25, 0.3) is 5.57 Å². The number of rotatable bonds is 12. The summed E-state index contributed by atoms with van der Waals surface area (Å²) in [5.41, 5.74) is 4.85. The molecular formula is C30H37N3O2. The Morgan fingerprint density at radius 2 is 1.69 bits per heavy atom. The van der Waals surface area contributed by atoms with Gasteiger partial charge in [0.2, 0.25) is 0 Å². The maximum Gasteiger partial charge on any atom is 0.165 e. The van der Waals surface area contributed by atoms with Gasteiger partial charge in [0.25, 0.3) is 0 Å². The minimum absolute atomic E-state index is 0.137. The molecule has 2 N–H and O–H groups in total. The van der Waals surface area contributed by atoms with E-state index in [2.05, 4.69) is 82.9 Å². The molecule has 1 atom stereocenters. The van der Waals surface area contributed by atoms with E-state index in [-0.39, 0.29) is 5.41 Å². The third-order valence-corrected chi connectivity index (χ3v) is 6.89. The Hall–Kier alpha value is -3.31. The van der Waals surface area contributed by atoms with Crippen LogP contribution in [0.5, 0.6) is 0 Å². The van der Waals surface area contributed by atoms with E-state index in [0.717, 1.165) is 56.0 Å². The van der Waals surface area contributed by atoms with Crippen LogP contribution in [0.3, 0.4) is 0 Å². The van der Waals surface area contributed by atoms with Gasteiger partial charge in [0, 0.05) is 29.9 Å². The van der Waals surface area contributed by atoms with Crippen LogP contribution < -0.4 is 5.32 Å². The highest BCUT2D eigenvalue weighted by molar-refractivity contribution is 5.77. The molecule has 35 heavy (non-hydrogen) atoms. The van der Waals surface area contributed by atoms with Crippen LogP contribution in [0.2, 0.25) is 0 Å². The maximum atomic E-state index is 6.17. The van der Waals surface area contributed by atoms with Gasteiger partial charge < -0.3 is 19.8 Å². The van der Waals surface area contributed by atoms with E-state index < -0.39 is 0 Å². The fraction of sp³-hybridized carbons (Fsp3) is 0.367. The first-order chi connectivity index (χ1) is 17.2. The number of hydrogen-bond donors (Lipinski definition) is 2. The number of methoxy groups -OCH3 is 2. The molecule has 1 heterocycles. The van der Waals surface area contributed by atoms with Gasteiger partial charge in [-0.25, -0.2) is 4.98 Å². The molecule has 5 heteroatoms. The summed E-state index contributed by atoms with van der Waals surface area (Å²) in [6.45, 7) is 3.78. The maximum absolute atomic E-state index is 6.17. The number of allylic oxidation sites excluding steroid dienone is 1. The molecule has 1 aromatic heterocycles. The van der Waals surface area contributed by atoms with Crippen molar-refractivity contribution < 1.29 is 9.47 Å². The Kier molecular flexibility index (Phi) is 8.43. The standard InChI is InChI=1S/C30H37N3O2/c1-4-5-16-30(22-31-21-26-32-17-18-33-26)20-25(19-23-12-8-6-9-13-23)28(34-2)29(35-3)27(30)24-14-10-7-11-15-24/h6-15,17-18,31H,4-5,16,19-22H2,1-3H3,(H,32,33). The lowest BCUT2D eigenvalue weighted by Gasteiger charge is -2.42. The highest BCUT2D eigenvalue weighted by atomic mass is 16.5. The van der Waals surface area contributed by atoms with Gasteiger partial charge in [0.05, 0.1) is 20.8 Å². The molecule has 0 spiro atoms. The lowest BCUT2D eigenvalue weighted by molar-refractivity contribution is 0.196. The molecule has 0 saturated carbocycles. The number of hydrogen-bond acceptors (Lipinski definition) is 4. The Bertz CT molecular complexity index is 1120. The minimum atomic E-state index is -0.137. The zero-order chi connectivity index (χ0) is 24.5. The highest BCUT2D eigenvalue weighted by Gasteiger charge is 2.43. The summed E-state index contributed by atoms with van der Waals surface area (Å²) in [7, 11) is 3.53. The minimum Gasteiger partial charge on any atom is -0.493 e. The number of nitrogens with one attached hydrogen (secondary N) is 2. The molecular weight excluding hydrogens is 434 g/mol. The molecule has 0 radical (unpaired) electrons. The third-order valence-electron chi connectivity index (χ3n) is 6.89. The fourth-order valence-corrected chi connectivity index (χ4v) is 5.33. The second kappa shape index (κ2) is 11.9. The molecule has 0 saturated heterocycles. The first kappa shape index (κ1) is 24.8. The molecule has 2 aromatic carbocycles. The zero-order valence-electron chi connectivity index (χ0n) is 21.1. The SMILES string of the molecule is CCCCC1(CNCc2ncc[nH]2)CC(Cc2ccccc2)=C(OC)C(OC)=C1c1ccccc1. The second-order valence-corrected chi connectivity index (χ2v) is 9.27. The van der Waals surface area contributed by atoms with Gasteiger partial charge in [-0.2, -0.15) is 0 Å². The molecule has 1 aliphatic rings. The summed E-state index contributed by atoms with van der Waals surface area (Å²) in [6.07, 6.45) is 8.75. The predicted octanol–water partition coefficient (Wildman–Crippen LogP) is 6.28. The normalized spacial score (nSPS) is 18.1. The Morgan fingerprint density at radius 3 is 2.31 bits per heavy atom. The van der Waals surface area contributed by atoms with Crippen molar-refractivity contribution in [3.63, 3.8) is 0 Å². The van der Waals surface area contributed by atoms with Crippen molar-refractivity contribution >= 4 is 5.57 Å². The van der Waals surface area contributed by atoms with Gasteiger partial charge in [-0.1, -0.05) is 80.4 Å². The number of benzene rings is 2. The molecule has 0 amide bonds.